The van der Waals surface area contributed by atoms with Gasteiger partial charge in [0.25, 0.3) is 0 Å². The quantitative estimate of drug-likeness (QED) is 0.694. The first-order valence-corrected chi connectivity index (χ1v) is 6.93. The molecule has 0 aromatic heterocycles. The van der Waals surface area contributed by atoms with Gasteiger partial charge in [-0.3, -0.25) is 0 Å². The number of hydrogen-bond acceptors (Lipinski definition) is 5. The van der Waals surface area contributed by atoms with Crippen molar-refractivity contribution in [3.63, 3.8) is 0 Å². The zero-order chi connectivity index (χ0) is 13.5. The fourth-order valence-corrected chi connectivity index (χ4v) is 2.80. The Morgan fingerprint density at radius 1 is 1.33 bits per heavy atom. The minimum Gasteiger partial charge on any atom is -0.497 e. The summed E-state index contributed by atoms with van der Waals surface area (Å²) >= 11 is 1.55. The number of aliphatic hydroxyl groups excluding tert-OH is 2. The highest BCUT2D eigenvalue weighted by molar-refractivity contribution is 7.99. The molecule has 0 heterocycles. The van der Waals surface area contributed by atoms with Crippen molar-refractivity contribution in [2.75, 3.05) is 19.5 Å². The van der Waals surface area contributed by atoms with Crippen molar-refractivity contribution in [2.45, 2.75) is 24.3 Å². The predicted octanol–water partition coefficient (Wildman–Crippen LogP) is 1.17. The number of rotatable bonds is 7. The Balaban J connectivity index is 2.71. The molecule has 1 aromatic rings. The van der Waals surface area contributed by atoms with E-state index in [2.05, 4.69) is 0 Å². The zero-order valence-electron chi connectivity index (χ0n) is 10.7. The molecule has 0 spiro atoms. The van der Waals surface area contributed by atoms with Crippen LogP contribution in [0.2, 0.25) is 0 Å². The number of methoxy groups -OCH3 is 1. The van der Waals surface area contributed by atoms with Crippen LogP contribution in [0.4, 0.5) is 0 Å². The molecule has 3 atom stereocenters. The van der Waals surface area contributed by atoms with E-state index in [1.807, 2.05) is 31.2 Å². The topological polar surface area (TPSA) is 75.7 Å². The van der Waals surface area contributed by atoms with Gasteiger partial charge in [0.1, 0.15) is 5.75 Å². The Bertz CT molecular complexity index is 343. The highest BCUT2D eigenvalue weighted by Gasteiger charge is 2.18. The maximum absolute atomic E-state index is 9.39. The molecule has 18 heavy (non-hydrogen) atoms. The first kappa shape index (κ1) is 15.3. The van der Waals surface area contributed by atoms with E-state index in [0.717, 1.165) is 11.3 Å². The molecule has 0 aliphatic rings. The number of ether oxygens (including phenoxy) is 1. The van der Waals surface area contributed by atoms with E-state index in [4.69, 9.17) is 15.6 Å². The smallest absolute Gasteiger partial charge is 0.118 e. The summed E-state index contributed by atoms with van der Waals surface area (Å²) in [6.07, 6.45) is -0.700. The Labute approximate surface area is 112 Å². The molecule has 0 saturated carbocycles. The SMILES string of the molecule is COc1ccc(C(SCC(O)CO)C(C)N)cc1. The van der Waals surface area contributed by atoms with Gasteiger partial charge < -0.3 is 20.7 Å². The molecule has 0 radical (unpaired) electrons. The van der Waals surface area contributed by atoms with Gasteiger partial charge in [-0.05, 0) is 24.6 Å². The molecule has 0 saturated heterocycles. The zero-order valence-corrected chi connectivity index (χ0v) is 11.6. The summed E-state index contributed by atoms with van der Waals surface area (Å²) < 4.78 is 5.11. The lowest BCUT2D eigenvalue weighted by Gasteiger charge is -2.22. The summed E-state index contributed by atoms with van der Waals surface area (Å²) in [5.74, 6) is 1.27. The maximum Gasteiger partial charge on any atom is 0.118 e. The minimum absolute atomic E-state index is 0.0331. The van der Waals surface area contributed by atoms with Crippen LogP contribution in [0.15, 0.2) is 24.3 Å². The summed E-state index contributed by atoms with van der Waals surface area (Å²) in [7, 11) is 1.63. The molecular formula is C13H21NO3S. The molecule has 1 rings (SSSR count). The van der Waals surface area contributed by atoms with Crippen LogP contribution in [0, 0.1) is 0 Å². The first-order valence-electron chi connectivity index (χ1n) is 5.88. The molecule has 102 valence electrons. The Morgan fingerprint density at radius 2 is 1.94 bits per heavy atom. The van der Waals surface area contributed by atoms with Crippen molar-refractivity contribution in [3.8, 4) is 5.75 Å². The Morgan fingerprint density at radius 3 is 2.39 bits per heavy atom. The van der Waals surface area contributed by atoms with Crippen LogP contribution >= 0.6 is 11.8 Å². The maximum atomic E-state index is 9.39. The van der Waals surface area contributed by atoms with Gasteiger partial charge in [-0.1, -0.05) is 12.1 Å². The summed E-state index contributed by atoms with van der Waals surface area (Å²) in [6, 6.07) is 7.71. The number of hydrogen-bond donors (Lipinski definition) is 3. The van der Waals surface area contributed by atoms with E-state index in [1.165, 1.54) is 0 Å². The second-order valence-electron chi connectivity index (χ2n) is 4.22. The van der Waals surface area contributed by atoms with Crippen LogP contribution < -0.4 is 10.5 Å². The Hall–Kier alpha value is -0.750. The fraction of sp³-hybridized carbons (Fsp3) is 0.538. The fourth-order valence-electron chi connectivity index (χ4n) is 1.61. The summed E-state index contributed by atoms with van der Waals surface area (Å²) in [5.41, 5.74) is 7.07. The van der Waals surface area contributed by atoms with Gasteiger partial charge in [0.15, 0.2) is 0 Å². The third-order valence-electron chi connectivity index (χ3n) is 2.60. The van der Waals surface area contributed by atoms with E-state index in [1.54, 1.807) is 18.9 Å². The monoisotopic (exact) mass is 271 g/mol. The van der Waals surface area contributed by atoms with Gasteiger partial charge in [0.2, 0.25) is 0 Å². The van der Waals surface area contributed by atoms with Gasteiger partial charge in [-0.25, -0.2) is 0 Å². The Kier molecular flexibility index (Phi) is 6.49. The molecule has 1 aromatic carbocycles. The van der Waals surface area contributed by atoms with Gasteiger partial charge in [-0.15, -0.1) is 11.8 Å². The molecule has 0 amide bonds. The highest BCUT2D eigenvalue weighted by Crippen LogP contribution is 2.32. The third kappa shape index (κ3) is 4.49. The van der Waals surface area contributed by atoms with Crippen molar-refractivity contribution in [3.05, 3.63) is 29.8 Å². The molecule has 0 bridgehead atoms. The van der Waals surface area contributed by atoms with Crippen molar-refractivity contribution in [1.29, 1.82) is 0 Å². The van der Waals surface area contributed by atoms with E-state index in [0.29, 0.717) is 5.75 Å². The predicted molar refractivity (Wildman–Crippen MR) is 74.9 cm³/mol. The van der Waals surface area contributed by atoms with Crippen LogP contribution in [-0.4, -0.2) is 41.8 Å². The second-order valence-corrected chi connectivity index (χ2v) is 5.40. The van der Waals surface area contributed by atoms with E-state index >= 15 is 0 Å². The molecule has 3 unspecified atom stereocenters. The molecular weight excluding hydrogens is 250 g/mol. The van der Waals surface area contributed by atoms with Gasteiger partial charge in [0, 0.05) is 17.0 Å². The van der Waals surface area contributed by atoms with Crippen LogP contribution in [0.5, 0.6) is 5.75 Å². The summed E-state index contributed by atoms with van der Waals surface area (Å²) in [5, 5.41) is 18.3. The van der Waals surface area contributed by atoms with Crippen molar-refractivity contribution < 1.29 is 14.9 Å². The van der Waals surface area contributed by atoms with Crippen LogP contribution in [0.1, 0.15) is 17.7 Å². The highest BCUT2D eigenvalue weighted by atomic mass is 32.2. The average Bonchev–Trinajstić information content (AvgIpc) is 2.39. The van der Waals surface area contributed by atoms with Crippen molar-refractivity contribution >= 4 is 11.8 Å². The summed E-state index contributed by atoms with van der Waals surface area (Å²) in [4.78, 5) is 0. The standard InChI is InChI=1S/C13H21NO3S/c1-9(14)13(18-8-11(16)7-15)10-3-5-12(17-2)6-4-10/h3-6,9,11,13,15-16H,7-8,14H2,1-2H3. The number of nitrogens with two attached hydrogens (primary N) is 1. The van der Waals surface area contributed by atoms with Gasteiger partial charge >= 0.3 is 0 Å². The lowest BCUT2D eigenvalue weighted by atomic mass is 10.1. The van der Waals surface area contributed by atoms with Crippen LogP contribution in [0.25, 0.3) is 0 Å². The molecule has 0 aliphatic carbocycles. The number of thioether (sulfide) groups is 1. The number of benzene rings is 1. The molecule has 0 aliphatic heterocycles. The molecule has 0 fully saturated rings. The van der Waals surface area contributed by atoms with Crippen LogP contribution in [0.3, 0.4) is 0 Å². The van der Waals surface area contributed by atoms with E-state index in [9.17, 15) is 5.11 Å². The van der Waals surface area contributed by atoms with Gasteiger partial charge in [0.05, 0.1) is 19.8 Å². The third-order valence-corrected chi connectivity index (χ3v) is 4.24. The van der Waals surface area contributed by atoms with Crippen LogP contribution in [-0.2, 0) is 0 Å². The van der Waals surface area contributed by atoms with E-state index < -0.39 is 6.10 Å². The van der Waals surface area contributed by atoms with E-state index in [-0.39, 0.29) is 17.9 Å². The first-order chi connectivity index (χ1) is 8.58. The van der Waals surface area contributed by atoms with Crippen molar-refractivity contribution in [2.24, 2.45) is 5.73 Å². The second kappa shape index (κ2) is 7.63. The van der Waals surface area contributed by atoms with Gasteiger partial charge in [-0.2, -0.15) is 0 Å². The lowest BCUT2D eigenvalue weighted by molar-refractivity contribution is 0.113. The largest absolute Gasteiger partial charge is 0.497 e. The normalized spacial score (nSPS) is 16.1. The lowest BCUT2D eigenvalue weighted by Crippen LogP contribution is -2.25. The molecule has 4 nitrogen and oxygen atoms in total. The summed E-state index contributed by atoms with van der Waals surface area (Å²) in [6.45, 7) is 1.72. The minimum atomic E-state index is -0.700. The number of aliphatic hydroxyl groups is 2. The molecule has 4 N–H and O–H groups in total. The molecule has 5 heteroatoms. The van der Waals surface area contributed by atoms with Crippen molar-refractivity contribution in [1.82, 2.24) is 0 Å². The average molecular weight is 271 g/mol.